The van der Waals surface area contributed by atoms with Crippen molar-refractivity contribution in [2.24, 2.45) is 0 Å². The van der Waals surface area contributed by atoms with Crippen molar-refractivity contribution in [3.8, 4) is 5.82 Å². The van der Waals surface area contributed by atoms with Gasteiger partial charge in [-0.2, -0.15) is 5.10 Å². The minimum Gasteiger partial charge on any atom is -0.222 e. The van der Waals surface area contributed by atoms with Gasteiger partial charge in [-0.1, -0.05) is 23.4 Å². The van der Waals surface area contributed by atoms with Gasteiger partial charge < -0.3 is 0 Å². The smallest absolute Gasteiger partial charge is 0.187 e. The van der Waals surface area contributed by atoms with E-state index in [1.807, 2.05) is 19.9 Å². The first kappa shape index (κ1) is 15.4. The number of fused-ring (bicyclic) bond motifs is 1. The summed E-state index contributed by atoms with van der Waals surface area (Å²) >= 11 is 0. The molecular formula is C17H16FN7. The number of rotatable bonds is 3. The molecule has 0 radical (unpaired) electrons. The van der Waals surface area contributed by atoms with Gasteiger partial charge in [0.15, 0.2) is 17.0 Å². The third-order valence-electron chi connectivity index (χ3n) is 3.94. The molecule has 0 aliphatic carbocycles. The molecule has 4 aromatic rings. The Morgan fingerprint density at radius 1 is 1.08 bits per heavy atom. The summed E-state index contributed by atoms with van der Waals surface area (Å²) in [6.07, 6.45) is 0. The molecule has 3 heterocycles. The summed E-state index contributed by atoms with van der Waals surface area (Å²) < 4.78 is 17.3. The second kappa shape index (κ2) is 5.73. The summed E-state index contributed by atoms with van der Waals surface area (Å²) in [7, 11) is 0. The zero-order chi connectivity index (χ0) is 17.6. The lowest BCUT2D eigenvalue weighted by atomic mass is 10.2. The Labute approximate surface area is 143 Å². The molecule has 3 aromatic heterocycles. The summed E-state index contributed by atoms with van der Waals surface area (Å²) in [6, 6.07) is 8.56. The quantitative estimate of drug-likeness (QED) is 0.574. The van der Waals surface area contributed by atoms with Crippen molar-refractivity contribution in [3.05, 3.63) is 58.9 Å². The van der Waals surface area contributed by atoms with Crippen molar-refractivity contribution < 1.29 is 4.39 Å². The number of aromatic nitrogens is 7. The highest BCUT2D eigenvalue weighted by Gasteiger charge is 2.17. The first-order chi connectivity index (χ1) is 12.0. The molecule has 8 heteroatoms. The molecule has 0 aliphatic heterocycles. The molecule has 0 fully saturated rings. The fraction of sp³-hybridized carbons (Fsp3) is 0.235. The van der Waals surface area contributed by atoms with E-state index in [2.05, 4.69) is 25.4 Å². The second-order valence-electron chi connectivity index (χ2n) is 5.94. The van der Waals surface area contributed by atoms with Crippen LogP contribution in [0.15, 0.2) is 30.3 Å². The van der Waals surface area contributed by atoms with Gasteiger partial charge in [-0.05, 0) is 32.9 Å². The van der Waals surface area contributed by atoms with E-state index in [4.69, 9.17) is 0 Å². The molecule has 0 unspecified atom stereocenters. The van der Waals surface area contributed by atoms with Crippen molar-refractivity contribution >= 4 is 11.2 Å². The van der Waals surface area contributed by atoms with Gasteiger partial charge in [0, 0.05) is 11.3 Å². The maximum atomic E-state index is 14.0. The average Bonchev–Trinajstić information content (AvgIpc) is 3.12. The van der Waals surface area contributed by atoms with Gasteiger partial charge in [0.2, 0.25) is 0 Å². The second-order valence-corrected chi connectivity index (χ2v) is 5.94. The predicted molar refractivity (Wildman–Crippen MR) is 90.0 cm³/mol. The van der Waals surface area contributed by atoms with Crippen LogP contribution in [0.1, 0.15) is 22.8 Å². The number of hydrogen-bond donors (Lipinski definition) is 0. The van der Waals surface area contributed by atoms with E-state index in [0.29, 0.717) is 28.4 Å². The Hall–Kier alpha value is -3.16. The minimum atomic E-state index is -0.282. The monoisotopic (exact) mass is 337 g/mol. The van der Waals surface area contributed by atoms with Crippen molar-refractivity contribution in [1.82, 2.24) is 34.7 Å². The molecule has 126 valence electrons. The molecule has 0 saturated heterocycles. The lowest BCUT2D eigenvalue weighted by Crippen LogP contribution is -2.08. The van der Waals surface area contributed by atoms with Gasteiger partial charge >= 0.3 is 0 Å². The molecule has 0 N–H and O–H groups in total. The first-order valence-electron chi connectivity index (χ1n) is 7.88. The number of halogens is 1. The summed E-state index contributed by atoms with van der Waals surface area (Å²) in [4.78, 5) is 8.93. The highest BCUT2D eigenvalue weighted by molar-refractivity contribution is 5.77. The van der Waals surface area contributed by atoms with Crippen LogP contribution >= 0.6 is 0 Å². The van der Waals surface area contributed by atoms with Crippen LogP contribution in [-0.2, 0) is 6.54 Å². The van der Waals surface area contributed by atoms with Gasteiger partial charge in [0.1, 0.15) is 11.6 Å². The van der Waals surface area contributed by atoms with Gasteiger partial charge in [-0.15, -0.1) is 5.10 Å². The van der Waals surface area contributed by atoms with Crippen LogP contribution in [0.2, 0.25) is 0 Å². The molecule has 25 heavy (non-hydrogen) atoms. The normalized spacial score (nSPS) is 11.4. The largest absolute Gasteiger partial charge is 0.222 e. The SMILES string of the molecule is Cc1cc(C)n(-c2nc(C)nc3c2nnn3Cc2ccccc2F)n1. The van der Waals surface area contributed by atoms with Crippen molar-refractivity contribution in [2.75, 3.05) is 0 Å². The maximum Gasteiger partial charge on any atom is 0.187 e. The summed E-state index contributed by atoms with van der Waals surface area (Å²) in [5, 5.41) is 12.8. The fourth-order valence-corrected chi connectivity index (χ4v) is 2.83. The minimum absolute atomic E-state index is 0.246. The zero-order valence-electron chi connectivity index (χ0n) is 14.1. The molecule has 0 atom stereocenters. The van der Waals surface area contributed by atoms with E-state index in [1.54, 1.807) is 34.5 Å². The maximum absolute atomic E-state index is 14.0. The molecule has 1 aromatic carbocycles. The van der Waals surface area contributed by atoms with Crippen molar-refractivity contribution in [1.29, 1.82) is 0 Å². The van der Waals surface area contributed by atoms with Crippen LogP contribution in [0.25, 0.3) is 17.0 Å². The van der Waals surface area contributed by atoms with Crippen LogP contribution in [0, 0.1) is 26.6 Å². The topological polar surface area (TPSA) is 74.3 Å². The molecule has 0 aliphatic rings. The van der Waals surface area contributed by atoms with E-state index in [-0.39, 0.29) is 12.4 Å². The fourth-order valence-electron chi connectivity index (χ4n) is 2.83. The molecule has 0 saturated carbocycles. The number of aryl methyl sites for hydroxylation is 3. The lowest BCUT2D eigenvalue weighted by Gasteiger charge is -2.06. The Bertz CT molecular complexity index is 1080. The van der Waals surface area contributed by atoms with E-state index < -0.39 is 0 Å². The lowest BCUT2D eigenvalue weighted by molar-refractivity contribution is 0.582. The predicted octanol–water partition coefficient (Wildman–Crippen LogP) is 2.52. The van der Waals surface area contributed by atoms with Gasteiger partial charge in [-0.3, -0.25) is 0 Å². The molecule has 4 rings (SSSR count). The third-order valence-corrected chi connectivity index (χ3v) is 3.94. The molecule has 0 bridgehead atoms. The van der Waals surface area contributed by atoms with Crippen LogP contribution in [0.4, 0.5) is 4.39 Å². The van der Waals surface area contributed by atoms with Crippen molar-refractivity contribution in [2.45, 2.75) is 27.3 Å². The summed E-state index contributed by atoms with van der Waals surface area (Å²) in [5.41, 5.74) is 3.45. The summed E-state index contributed by atoms with van der Waals surface area (Å²) in [6.45, 7) is 5.92. The third kappa shape index (κ3) is 2.65. The number of nitrogens with zero attached hydrogens (tertiary/aromatic N) is 7. The Balaban J connectivity index is 1.87. The molecule has 7 nitrogen and oxygen atoms in total. The summed E-state index contributed by atoms with van der Waals surface area (Å²) in [5.74, 6) is 0.871. The Morgan fingerprint density at radius 3 is 2.60 bits per heavy atom. The van der Waals surface area contributed by atoms with Crippen LogP contribution in [0.3, 0.4) is 0 Å². The molecular weight excluding hydrogens is 321 g/mol. The van der Waals surface area contributed by atoms with Gasteiger partial charge in [0.05, 0.1) is 12.2 Å². The van der Waals surface area contributed by atoms with Gasteiger partial charge in [-0.25, -0.2) is 23.7 Å². The van der Waals surface area contributed by atoms with Gasteiger partial charge in [0.25, 0.3) is 0 Å². The highest BCUT2D eigenvalue weighted by atomic mass is 19.1. The number of benzene rings is 1. The van der Waals surface area contributed by atoms with E-state index in [0.717, 1.165) is 11.4 Å². The highest BCUT2D eigenvalue weighted by Crippen LogP contribution is 2.20. The first-order valence-corrected chi connectivity index (χ1v) is 7.88. The average molecular weight is 337 g/mol. The van der Waals surface area contributed by atoms with Crippen LogP contribution in [0.5, 0.6) is 0 Å². The van der Waals surface area contributed by atoms with E-state index >= 15 is 0 Å². The number of hydrogen-bond acceptors (Lipinski definition) is 5. The van der Waals surface area contributed by atoms with Crippen LogP contribution in [-0.4, -0.2) is 34.7 Å². The van der Waals surface area contributed by atoms with Crippen LogP contribution < -0.4 is 0 Å². The van der Waals surface area contributed by atoms with E-state index in [1.165, 1.54) is 6.07 Å². The molecule has 0 amide bonds. The Morgan fingerprint density at radius 2 is 1.88 bits per heavy atom. The standard InChI is InChI=1S/C17H16FN7/c1-10-8-11(2)25(22-10)17-15-16(19-12(3)20-17)24(23-21-15)9-13-6-4-5-7-14(13)18/h4-8H,9H2,1-3H3. The Kier molecular flexibility index (Phi) is 3.52. The van der Waals surface area contributed by atoms with E-state index in [9.17, 15) is 4.39 Å². The zero-order valence-corrected chi connectivity index (χ0v) is 14.1. The molecule has 0 spiro atoms. The van der Waals surface area contributed by atoms with Crippen molar-refractivity contribution in [3.63, 3.8) is 0 Å².